The maximum Gasteiger partial charge on any atom is 0.308 e. The Morgan fingerprint density at radius 2 is 2.25 bits per heavy atom. The van der Waals surface area contributed by atoms with Crippen LogP contribution in [-0.4, -0.2) is 18.1 Å². The number of hydrogen-bond donors (Lipinski definition) is 0. The van der Waals surface area contributed by atoms with E-state index in [0.717, 1.165) is 0 Å². The van der Waals surface area contributed by atoms with Gasteiger partial charge < -0.3 is 9.47 Å². The van der Waals surface area contributed by atoms with Crippen molar-refractivity contribution >= 4 is 5.97 Å². The summed E-state index contributed by atoms with van der Waals surface area (Å²) in [7, 11) is 1.52. The lowest BCUT2D eigenvalue weighted by atomic mass is 10.4. The maximum atomic E-state index is 10.5. The van der Waals surface area contributed by atoms with Gasteiger partial charge in [0.15, 0.2) is 0 Å². The Labute approximate surface area is 70.1 Å². The van der Waals surface area contributed by atoms with E-state index in [4.69, 9.17) is 9.47 Å². The van der Waals surface area contributed by atoms with Crippen LogP contribution < -0.4 is 9.47 Å². The molecule has 0 fully saturated rings. The van der Waals surface area contributed by atoms with Crippen LogP contribution in [0.5, 0.6) is 11.6 Å². The van der Waals surface area contributed by atoms with E-state index >= 15 is 0 Å². The summed E-state index contributed by atoms with van der Waals surface area (Å²) in [5, 5.41) is 0. The third-order valence-electron chi connectivity index (χ3n) is 1.18. The summed E-state index contributed by atoms with van der Waals surface area (Å²) in [5.41, 5.74) is 0. The minimum absolute atomic E-state index is 0.359. The lowest BCUT2D eigenvalue weighted by molar-refractivity contribution is -0.131. The summed E-state index contributed by atoms with van der Waals surface area (Å²) in [5.74, 6) is 0.552. The van der Waals surface area contributed by atoms with E-state index in [1.165, 1.54) is 20.2 Å². The number of carbonyl (C=O) groups excluding carboxylic acids is 1. The van der Waals surface area contributed by atoms with Crippen molar-refractivity contribution in [3.05, 3.63) is 18.3 Å². The average molecular weight is 167 g/mol. The highest BCUT2D eigenvalue weighted by atomic mass is 16.5. The molecule has 0 spiro atoms. The number of carbonyl (C=O) groups is 1. The van der Waals surface area contributed by atoms with E-state index in [9.17, 15) is 4.79 Å². The molecule has 1 aromatic heterocycles. The minimum Gasteiger partial charge on any atom is -0.481 e. The Balaban J connectivity index is 2.71. The predicted molar refractivity (Wildman–Crippen MR) is 42.1 cm³/mol. The molecule has 1 rings (SSSR count). The normalized spacial score (nSPS) is 9.17. The van der Waals surface area contributed by atoms with Crippen molar-refractivity contribution < 1.29 is 14.3 Å². The largest absolute Gasteiger partial charge is 0.481 e. The van der Waals surface area contributed by atoms with Crippen LogP contribution in [0.15, 0.2) is 18.3 Å². The van der Waals surface area contributed by atoms with Gasteiger partial charge in [-0.3, -0.25) is 4.79 Å². The fourth-order valence-electron chi connectivity index (χ4n) is 0.714. The number of pyridine rings is 1. The molecule has 0 radical (unpaired) electrons. The Hall–Kier alpha value is -1.58. The zero-order chi connectivity index (χ0) is 8.97. The zero-order valence-corrected chi connectivity index (χ0v) is 6.90. The van der Waals surface area contributed by atoms with Gasteiger partial charge in [-0.15, -0.1) is 0 Å². The summed E-state index contributed by atoms with van der Waals surface area (Å²) in [4.78, 5) is 14.3. The first-order chi connectivity index (χ1) is 5.72. The summed E-state index contributed by atoms with van der Waals surface area (Å²) in [6.45, 7) is 1.34. The average Bonchev–Trinajstić information content (AvgIpc) is 2.05. The second kappa shape index (κ2) is 3.71. The van der Waals surface area contributed by atoms with Gasteiger partial charge in [0.25, 0.3) is 0 Å². The SMILES string of the molecule is COc1ccc(OC(C)=O)cn1. The molecule has 0 saturated heterocycles. The van der Waals surface area contributed by atoms with Crippen molar-refractivity contribution in [3.8, 4) is 11.6 Å². The Morgan fingerprint density at radius 3 is 2.67 bits per heavy atom. The molecule has 0 aromatic carbocycles. The molecule has 0 aliphatic heterocycles. The molecule has 1 heterocycles. The molecule has 4 heteroatoms. The number of esters is 1. The number of ether oxygens (including phenoxy) is 2. The first kappa shape index (κ1) is 8.52. The summed E-state index contributed by atoms with van der Waals surface area (Å²) < 4.78 is 9.58. The van der Waals surface area contributed by atoms with E-state index in [-0.39, 0.29) is 5.97 Å². The van der Waals surface area contributed by atoms with Gasteiger partial charge in [0, 0.05) is 13.0 Å². The standard InChI is InChI=1S/C8H9NO3/c1-6(10)12-7-3-4-8(11-2)9-5-7/h3-5H,1-2H3. The second-order valence-corrected chi connectivity index (χ2v) is 2.13. The number of aromatic nitrogens is 1. The van der Waals surface area contributed by atoms with Crippen molar-refractivity contribution in [1.82, 2.24) is 4.98 Å². The third kappa shape index (κ3) is 2.23. The Bertz CT molecular complexity index is 268. The van der Waals surface area contributed by atoms with E-state index in [0.29, 0.717) is 11.6 Å². The molecular weight excluding hydrogens is 158 g/mol. The van der Waals surface area contributed by atoms with Crippen LogP contribution in [0.3, 0.4) is 0 Å². The quantitative estimate of drug-likeness (QED) is 0.617. The number of nitrogens with zero attached hydrogens (tertiary/aromatic N) is 1. The lowest BCUT2D eigenvalue weighted by Gasteiger charge is -2.00. The van der Waals surface area contributed by atoms with Crippen molar-refractivity contribution in [1.29, 1.82) is 0 Å². The molecule has 0 saturated carbocycles. The smallest absolute Gasteiger partial charge is 0.308 e. The molecule has 4 nitrogen and oxygen atoms in total. The molecule has 12 heavy (non-hydrogen) atoms. The minimum atomic E-state index is -0.359. The highest BCUT2D eigenvalue weighted by Gasteiger charge is 1.98. The van der Waals surface area contributed by atoms with E-state index in [1.54, 1.807) is 12.1 Å². The van der Waals surface area contributed by atoms with E-state index in [1.807, 2.05) is 0 Å². The Morgan fingerprint density at radius 1 is 1.50 bits per heavy atom. The molecule has 0 atom stereocenters. The first-order valence-corrected chi connectivity index (χ1v) is 3.41. The van der Waals surface area contributed by atoms with Crippen LogP contribution in [0.2, 0.25) is 0 Å². The van der Waals surface area contributed by atoms with Gasteiger partial charge >= 0.3 is 5.97 Å². The summed E-state index contributed by atoms with van der Waals surface area (Å²) >= 11 is 0. The molecular formula is C8H9NO3. The number of methoxy groups -OCH3 is 1. The third-order valence-corrected chi connectivity index (χ3v) is 1.18. The fraction of sp³-hybridized carbons (Fsp3) is 0.250. The van der Waals surface area contributed by atoms with Gasteiger partial charge in [-0.05, 0) is 6.07 Å². The molecule has 0 bridgehead atoms. The van der Waals surface area contributed by atoms with E-state index in [2.05, 4.69) is 4.98 Å². The fourth-order valence-corrected chi connectivity index (χ4v) is 0.714. The molecule has 0 amide bonds. The van der Waals surface area contributed by atoms with Gasteiger partial charge in [0.1, 0.15) is 5.75 Å². The lowest BCUT2D eigenvalue weighted by Crippen LogP contribution is -2.01. The number of hydrogen-bond acceptors (Lipinski definition) is 4. The van der Waals surface area contributed by atoms with E-state index < -0.39 is 0 Å². The van der Waals surface area contributed by atoms with Crippen molar-refractivity contribution in [3.63, 3.8) is 0 Å². The van der Waals surface area contributed by atoms with Crippen LogP contribution in [0.1, 0.15) is 6.92 Å². The van der Waals surface area contributed by atoms with Crippen LogP contribution in [0.4, 0.5) is 0 Å². The highest BCUT2D eigenvalue weighted by molar-refractivity contribution is 5.69. The van der Waals surface area contributed by atoms with Crippen molar-refractivity contribution in [2.24, 2.45) is 0 Å². The van der Waals surface area contributed by atoms with Crippen LogP contribution >= 0.6 is 0 Å². The zero-order valence-electron chi connectivity index (χ0n) is 6.90. The topological polar surface area (TPSA) is 48.4 Å². The molecule has 64 valence electrons. The van der Waals surface area contributed by atoms with Crippen LogP contribution in [-0.2, 0) is 4.79 Å². The molecule has 0 N–H and O–H groups in total. The Kier molecular flexibility index (Phi) is 2.63. The first-order valence-electron chi connectivity index (χ1n) is 3.41. The van der Waals surface area contributed by atoms with Gasteiger partial charge in [-0.25, -0.2) is 4.98 Å². The molecule has 0 unspecified atom stereocenters. The van der Waals surface area contributed by atoms with Gasteiger partial charge in [-0.2, -0.15) is 0 Å². The van der Waals surface area contributed by atoms with Crippen LogP contribution in [0, 0.1) is 0 Å². The molecule has 1 aromatic rings. The van der Waals surface area contributed by atoms with Gasteiger partial charge in [-0.1, -0.05) is 0 Å². The second-order valence-electron chi connectivity index (χ2n) is 2.13. The highest BCUT2D eigenvalue weighted by Crippen LogP contribution is 2.12. The summed E-state index contributed by atoms with van der Waals surface area (Å²) in [6.07, 6.45) is 1.43. The van der Waals surface area contributed by atoms with Crippen molar-refractivity contribution in [2.45, 2.75) is 6.92 Å². The molecule has 0 aliphatic rings. The maximum absolute atomic E-state index is 10.5. The monoisotopic (exact) mass is 167 g/mol. The molecule has 0 aliphatic carbocycles. The summed E-state index contributed by atoms with van der Waals surface area (Å²) in [6, 6.07) is 3.24. The number of rotatable bonds is 2. The van der Waals surface area contributed by atoms with Gasteiger partial charge in [0.05, 0.1) is 13.3 Å². The van der Waals surface area contributed by atoms with Gasteiger partial charge in [0.2, 0.25) is 5.88 Å². The predicted octanol–water partition coefficient (Wildman–Crippen LogP) is 1.02. The van der Waals surface area contributed by atoms with Crippen LogP contribution in [0.25, 0.3) is 0 Å². The van der Waals surface area contributed by atoms with Crippen molar-refractivity contribution in [2.75, 3.05) is 7.11 Å².